The van der Waals surface area contributed by atoms with Gasteiger partial charge in [0.25, 0.3) is 0 Å². The van der Waals surface area contributed by atoms with Crippen molar-refractivity contribution in [1.82, 2.24) is 4.90 Å². The third-order valence-electron chi connectivity index (χ3n) is 1.76. The third kappa shape index (κ3) is 4.29. The monoisotopic (exact) mass is 205 g/mol. The number of ether oxygens (including phenoxy) is 1. The van der Waals surface area contributed by atoms with Crippen molar-refractivity contribution in [3.05, 3.63) is 12.2 Å². The number of esters is 1. The van der Waals surface area contributed by atoms with Crippen molar-refractivity contribution in [3.63, 3.8) is 0 Å². The number of halogens is 1. The minimum absolute atomic E-state index is 0.0232. The molecule has 0 saturated heterocycles. The van der Waals surface area contributed by atoms with Crippen LogP contribution in [0.2, 0.25) is 0 Å². The van der Waals surface area contributed by atoms with Gasteiger partial charge in [0.05, 0.1) is 6.04 Å². The Morgan fingerprint density at radius 3 is 2.31 bits per heavy atom. The maximum Gasteiger partial charge on any atom is 0.334 e. The highest BCUT2D eigenvalue weighted by Crippen LogP contribution is 2.10. The van der Waals surface area contributed by atoms with Crippen LogP contribution in [0.5, 0.6) is 0 Å². The van der Waals surface area contributed by atoms with Crippen LogP contribution in [0.15, 0.2) is 12.2 Å². The Kier molecular flexibility index (Phi) is 5.03. The molecule has 0 rings (SSSR count). The Hall–Kier alpha value is -0.540. The summed E-state index contributed by atoms with van der Waals surface area (Å²) in [5, 5.41) is 0. The number of carbonyl (C=O) groups is 1. The van der Waals surface area contributed by atoms with Crippen LogP contribution >= 0.6 is 11.6 Å². The van der Waals surface area contributed by atoms with Gasteiger partial charge in [-0.15, -0.1) is 0 Å². The van der Waals surface area contributed by atoms with E-state index >= 15 is 0 Å². The minimum Gasteiger partial charge on any atom is -0.441 e. The summed E-state index contributed by atoms with van der Waals surface area (Å²) in [4.78, 5) is 12.9. The molecule has 4 heteroatoms. The fourth-order valence-electron chi connectivity index (χ4n) is 0.536. The number of likely N-dealkylation sites (N-methyl/N-ethyl adjacent to an activating group) is 1. The largest absolute Gasteiger partial charge is 0.441 e. The summed E-state index contributed by atoms with van der Waals surface area (Å²) in [6.07, 6.45) is 0. The van der Waals surface area contributed by atoms with Crippen molar-refractivity contribution in [2.24, 2.45) is 0 Å². The van der Waals surface area contributed by atoms with Crippen molar-refractivity contribution in [2.45, 2.75) is 25.5 Å². The zero-order valence-electron chi connectivity index (χ0n) is 8.50. The second kappa shape index (κ2) is 5.25. The number of nitrogens with zero attached hydrogens (tertiary/aromatic N) is 1. The third-order valence-corrected chi connectivity index (χ3v) is 2.22. The predicted molar refractivity (Wildman–Crippen MR) is 53.7 cm³/mol. The number of hydrogen-bond acceptors (Lipinski definition) is 3. The average Bonchev–Trinajstić information content (AvgIpc) is 2.02. The summed E-state index contributed by atoms with van der Waals surface area (Å²) in [6, 6.07) is -0.0232. The van der Waals surface area contributed by atoms with Crippen LogP contribution in [0.1, 0.15) is 13.8 Å². The van der Waals surface area contributed by atoms with Crippen molar-refractivity contribution in [1.29, 1.82) is 0 Å². The Bertz CT molecular complexity index is 204. The van der Waals surface area contributed by atoms with Crippen LogP contribution in [0.3, 0.4) is 0 Å². The molecule has 0 aliphatic heterocycles. The highest BCUT2D eigenvalue weighted by molar-refractivity contribution is 6.20. The maximum absolute atomic E-state index is 11.1. The van der Waals surface area contributed by atoms with Gasteiger partial charge in [0.15, 0.2) is 5.56 Å². The summed E-state index contributed by atoms with van der Waals surface area (Å²) in [5.74, 6) is -0.450. The Balaban J connectivity index is 4.07. The second-order valence-electron chi connectivity index (χ2n) is 3.24. The standard InChI is InChI=1S/C9H16ClNO2/c1-6(2)9(12)13-8(10)7(3)11(4)5/h7-8H,1H2,2-5H3. The predicted octanol–water partition coefficient (Wildman–Crippen LogP) is 1.62. The SMILES string of the molecule is C=C(C)C(=O)OC(Cl)C(C)N(C)C. The molecule has 0 aliphatic carbocycles. The van der Waals surface area contributed by atoms with Crippen molar-refractivity contribution in [2.75, 3.05) is 14.1 Å². The van der Waals surface area contributed by atoms with Crippen LogP contribution < -0.4 is 0 Å². The van der Waals surface area contributed by atoms with Gasteiger partial charge in [-0.25, -0.2) is 4.79 Å². The molecule has 13 heavy (non-hydrogen) atoms. The maximum atomic E-state index is 11.1. The van der Waals surface area contributed by atoms with Crippen LogP contribution in [0.25, 0.3) is 0 Å². The molecule has 0 radical (unpaired) electrons. The van der Waals surface area contributed by atoms with Crippen LogP contribution in [0.4, 0.5) is 0 Å². The first-order valence-electron chi connectivity index (χ1n) is 4.03. The van der Waals surface area contributed by atoms with Gasteiger partial charge in [-0.2, -0.15) is 0 Å². The van der Waals surface area contributed by atoms with E-state index < -0.39 is 11.5 Å². The lowest BCUT2D eigenvalue weighted by molar-refractivity contribution is -0.142. The van der Waals surface area contributed by atoms with Crippen molar-refractivity contribution < 1.29 is 9.53 Å². The lowest BCUT2D eigenvalue weighted by Crippen LogP contribution is -2.36. The van der Waals surface area contributed by atoms with E-state index in [9.17, 15) is 4.79 Å². The van der Waals surface area contributed by atoms with E-state index in [2.05, 4.69) is 6.58 Å². The summed E-state index contributed by atoms with van der Waals surface area (Å²) in [5.41, 5.74) is -0.282. The zero-order valence-corrected chi connectivity index (χ0v) is 9.26. The van der Waals surface area contributed by atoms with Gasteiger partial charge in [-0.1, -0.05) is 18.2 Å². The van der Waals surface area contributed by atoms with Gasteiger partial charge in [-0.05, 0) is 27.9 Å². The van der Waals surface area contributed by atoms with Crippen LogP contribution in [-0.4, -0.2) is 36.6 Å². The van der Waals surface area contributed by atoms with Crippen molar-refractivity contribution in [3.8, 4) is 0 Å². The first-order chi connectivity index (χ1) is 5.86. The van der Waals surface area contributed by atoms with Crippen molar-refractivity contribution >= 4 is 17.6 Å². The number of carbonyl (C=O) groups excluding carboxylic acids is 1. The quantitative estimate of drug-likeness (QED) is 0.397. The highest BCUT2D eigenvalue weighted by atomic mass is 35.5. The van der Waals surface area contributed by atoms with Gasteiger partial charge in [-0.3, -0.25) is 0 Å². The lowest BCUT2D eigenvalue weighted by atomic mass is 10.3. The second-order valence-corrected chi connectivity index (χ2v) is 3.67. The Morgan fingerprint density at radius 2 is 2.00 bits per heavy atom. The molecule has 2 atom stereocenters. The molecule has 0 aromatic rings. The molecule has 0 fully saturated rings. The van der Waals surface area contributed by atoms with E-state index in [1.54, 1.807) is 6.92 Å². The van der Waals surface area contributed by atoms with E-state index in [1.807, 2.05) is 25.9 Å². The van der Waals surface area contributed by atoms with Gasteiger partial charge in [0.2, 0.25) is 0 Å². The lowest BCUT2D eigenvalue weighted by Gasteiger charge is -2.24. The fourth-order valence-corrected chi connectivity index (χ4v) is 0.842. The van der Waals surface area contributed by atoms with Gasteiger partial charge < -0.3 is 9.64 Å². The molecule has 0 N–H and O–H groups in total. The van der Waals surface area contributed by atoms with E-state index in [4.69, 9.17) is 16.3 Å². The molecule has 3 nitrogen and oxygen atoms in total. The highest BCUT2D eigenvalue weighted by Gasteiger charge is 2.20. The van der Waals surface area contributed by atoms with Crippen LogP contribution in [0, 0.1) is 0 Å². The Labute approximate surface area is 84.3 Å². The molecular weight excluding hydrogens is 190 g/mol. The zero-order chi connectivity index (χ0) is 10.6. The Morgan fingerprint density at radius 1 is 1.54 bits per heavy atom. The summed E-state index contributed by atoms with van der Waals surface area (Å²) >= 11 is 5.84. The molecule has 0 aromatic heterocycles. The normalized spacial score (nSPS) is 15.2. The number of rotatable bonds is 4. The molecule has 0 saturated carbocycles. The van der Waals surface area contributed by atoms with E-state index in [0.717, 1.165) is 0 Å². The van der Waals surface area contributed by atoms with E-state index in [0.29, 0.717) is 5.57 Å². The molecule has 2 unspecified atom stereocenters. The molecule has 0 bridgehead atoms. The molecule has 0 heterocycles. The van der Waals surface area contributed by atoms with Crippen LogP contribution in [-0.2, 0) is 9.53 Å². The number of alkyl halides is 1. The first-order valence-corrected chi connectivity index (χ1v) is 4.47. The summed E-state index contributed by atoms with van der Waals surface area (Å²) in [6.45, 7) is 6.93. The summed E-state index contributed by atoms with van der Waals surface area (Å²) < 4.78 is 4.92. The molecule has 0 spiro atoms. The molecular formula is C9H16ClNO2. The number of hydrogen-bond donors (Lipinski definition) is 0. The average molecular weight is 206 g/mol. The molecule has 0 aromatic carbocycles. The summed E-state index contributed by atoms with van der Waals surface area (Å²) in [7, 11) is 3.74. The van der Waals surface area contributed by atoms with E-state index in [-0.39, 0.29) is 6.04 Å². The first kappa shape index (κ1) is 12.5. The fraction of sp³-hybridized carbons (Fsp3) is 0.667. The van der Waals surface area contributed by atoms with Gasteiger partial charge >= 0.3 is 5.97 Å². The minimum atomic E-state index is -0.640. The topological polar surface area (TPSA) is 29.5 Å². The van der Waals surface area contributed by atoms with Gasteiger partial charge in [0, 0.05) is 5.57 Å². The van der Waals surface area contributed by atoms with E-state index in [1.165, 1.54) is 0 Å². The molecule has 76 valence electrons. The molecule has 0 amide bonds. The smallest absolute Gasteiger partial charge is 0.334 e. The van der Waals surface area contributed by atoms with Gasteiger partial charge in [0.1, 0.15) is 0 Å². The molecule has 0 aliphatic rings.